The molecule has 2 rings (SSSR count). The molecule has 2 aromatic carbocycles. The fourth-order valence-corrected chi connectivity index (χ4v) is 3.79. The lowest BCUT2D eigenvalue weighted by Gasteiger charge is -2.17. The van der Waals surface area contributed by atoms with E-state index in [0.29, 0.717) is 6.04 Å². The van der Waals surface area contributed by atoms with E-state index in [0.717, 1.165) is 16.8 Å². The molecule has 20 heavy (non-hydrogen) atoms. The first-order valence-corrected chi connectivity index (χ1v) is 8.68. The van der Waals surface area contributed by atoms with Crippen molar-refractivity contribution in [3.05, 3.63) is 64.1 Å². The monoisotopic (exact) mass is 349 g/mol. The SMILES string of the molecule is CCNC(C)c1ccc(Br)cc1SCc1ccccc1. The number of thioether (sulfide) groups is 1. The minimum absolute atomic E-state index is 0.381. The molecule has 0 aliphatic rings. The van der Waals surface area contributed by atoms with Gasteiger partial charge in [-0.25, -0.2) is 0 Å². The number of hydrogen-bond acceptors (Lipinski definition) is 2. The van der Waals surface area contributed by atoms with Crippen LogP contribution in [0.5, 0.6) is 0 Å². The second-order valence-electron chi connectivity index (χ2n) is 4.74. The molecule has 0 amide bonds. The molecule has 106 valence electrons. The zero-order chi connectivity index (χ0) is 14.4. The minimum atomic E-state index is 0.381. The first kappa shape index (κ1) is 15.6. The molecule has 1 unspecified atom stereocenters. The molecule has 0 aliphatic heterocycles. The summed E-state index contributed by atoms with van der Waals surface area (Å²) in [5.74, 6) is 1.00. The first-order valence-electron chi connectivity index (χ1n) is 6.90. The highest BCUT2D eigenvalue weighted by Crippen LogP contribution is 2.32. The summed E-state index contributed by atoms with van der Waals surface area (Å²) in [7, 11) is 0. The Morgan fingerprint density at radius 3 is 2.60 bits per heavy atom. The van der Waals surface area contributed by atoms with Crippen LogP contribution in [0.4, 0.5) is 0 Å². The predicted molar refractivity (Wildman–Crippen MR) is 92.2 cm³/mol. The van der Waals surface area contributed by atoms with Gasteiger partial charge < -0.3 is 5.32 Å². The van der Waals surface area contributed by atoms with E-state index in [2.05, 4.69) is 83.6 Å². The van der Waals surface area contributed by atoms with E-state index < -0.39 is 0 Å². The van der Waals surface area contributed by atoms with E-state index in [1.807, 2.05) is 11.8 Å². The molecule has 0 fully saturated rings. The normalized spacial score (nSPS) is 12.3. The van der Waals surface area contributed by atoms with E-state index >= 15 is 0 Å². The molecule has 0 saturated carbocycles. The van der Waals surface area contributed by atoms with Crippen molar-refractivity contribution in [1.29, 1.82) is 0 Å². The van der Waals surface area contributed by atoms with Crippen molar-refractivity contribution in [3.8, 4) is 0 Å². The Morgan fingerprint density at radius 1 is 1.15 bits per heavy atom. The number of benzene rings is 2. The zero-order valence-electron chi connectivity index (χ0n) is 11.9. The molecular weight excluding hydrogens is 330 g/mol. The van der Waals surface area contributed by atoms with Crippen LogP contribution >= 0.6 is 27.7 Å². The van der Waals surface area contributed by atoms with Crippen molar-refractivity contribution >= 4 is 27.7 Å². The highest BCUT2D eigenvalue weighted by atomic mass is 79.9. The van der Waals surface area contributed by atoms with Gasteiger partial charge in [0.15, 0.2) is 0 Å². The van der Waals surface area contributed by atoms with E-state index in [1.54, 1.807) is 0 Å². The molecule has 0 saturated heterocycles. The van der Waals surface area contributed by atoms with E-state index in [4.69, 9.17) is 0 Å². The topological polar surface area (TPSA) is 12.0 Å². The van der Waals surface area contributed by atoms with E-state index in [-0.39, 0.29) is 0 Å². The second-order valence-corrected chi connectivity index (χ2v) is 6.67. The van der Waals surface area contributed by atoms with Crippen LogP contribution in [0.2, 0.25) is 0 Å². The van der Waals surface area contributed by atoms with Gasteiger partial charge in [0, 0.05) is 21.2 Å². The van der Waals surface area contributed by atoms with Gasteiger partial charge in [0.05, 0.1) is 0 Å². The van der Waals surface area contributed by atoms with Gasteiger partial charge in [-0.15, -0.1) is 11.8 Å². The lowest BCUT2D eigenvalue weighted by Crippen LogP contribution is -2.18. The molecule has 3 heteroatoms. The van der Waals surface area contributed by atoms with Crippen LogP contribution in [0.15, 0.2) is 57.9 Å². The smallest absolute Gasteiger partial charge is 0.0302 e. The molecule has 1 nitrogen and oxygen atoms in total. The Morgan fingerprint density at radius 2 is 1.90 bits per heavy atom. The molecule has 1 N–H and O–H groups in total. The molecular formula is C17H20BrNS. The largest absolute Gasteiger partial charge is 0.310 e. The van der Waals surface area contributed by atoms with Crippen molar-refractivity contribution in [1.82, 2.24) is 5.32 Å². The Balaban J connectivity index is 2.15. The Labute approximate surface area is 134 Å². The third-order valence-corrected chi connectivity index (χ3v) is 4.83. The highest BCUT2D eigenvalue weighted by molar-refractivity contribution is 9.10. The van der Waals surface area contributed by atoms with Gasteiger partial charge in [0.1, 0.15) is 0 Å². The van der Waals surface area contributed by atoms with Crippen LogP contribution in [0.1, 0.15) is 31.0 Å². The molecule has 1 atom stereocenters. The zero-order valence-corrected chi connectivity index (χ0v) is 14.3. The van der Waals surface area contributed by atoms with Crippen molar-refractivity contribution in [2.45, 2.75) is 30.5 Å². The number of halogens is 1. The summed E-state index contributed by atoms with van der Waals surface area (Å²) in [5.41, 5.74) is 2.73. The maximum absolute atomic E-state index is 3.58. The Bertz CT molecular complexity index is 542. The number of nitrogens with one attached hydrogen (secondary N) is 1. The number of rotatable bonds is 6. The third kappa shape index (κ3) is 4.37. The summed E-state index contributed by atoms with van der Waals surface area (Å²) in [6, 6.07) is 17.5. The second kappa shape index (κ2) is 7.87. The quantitative estimate of drug-likeness (QED) is 0.699. The van der Waals surface area contributed by atoms with Gasteiger partial charge in [-0.2, -0.15) is 0 Å². The van der Waals surface area contributed by atoms with Crippen LogP contribution in [0.25, 0.3) is 0 Å². The summed E-state index contributed by atoms with van der Waals surface area (Å²) in [6.07, 6.45) is 0. The maximum Gasteiger partial charge on any atom is 0.0302 e. The maximum atomic E-state index is 3.58. The summed E-state index contributed by atoms with van der Waals surface area (Å²) in [6.45, 7) is 5.35. The summed E-state index contributed by atoms with van der Waals surface area (Å²) in [4.78, 5) is 1.34. The van der Waals surface area contributed by atoms with Crippen molar-refractivity contribution in [2.75, 3.05) is 6.54 Å². The van der Waals surface area contributed by atoms with Crippen molar-refractivity contribution in [2.24, 2.45) is 0 Å². The Hall–Kier alpha value is -0.770. The highest BCUT2D eigenvalue weighted by Gasteiger charge is 2.10. The molecule has 0 heterocycles. The summed E-state index contributed by atoms with van der Waals surface area (Å²) >= 11 is 5.48. The minimum Gasteiger partial charge on any atom is -0.310 e. The first-order chi connectivity index (χ1) is 9.70. The van der Waals surface area contributed by atoms with Crippen molar-refractivity contribution in [3.63, 3.8) is 0 Å². The average molecular weight is 350 g/mol. The van der Waals surface area contributed by atoms with Gasteiger partial charge in [-0.05, 0) is 36.7 Å². The lowest BCUT2D eigenvalue weighted by atomic mass is 10.1. The van der Waals surface area contributed by atoms with Gasteiger partial charge in [-0.1, -0.05) is 59.3 Å². The van der Waals surface area contributed by atoms with Gasteiger partial charge in [-0.3, -0.25) is 0 Å². The van der Waals surface area contributed by atoms with E-state index in [1.165, 1.54) is 16.0 Å². The lowest BCUT2D eigenvalue weighted by molar-refractivity contribution is 0.589. The van der Waals surface area contributed by atoms with Crippen LogP contribution < -0.4 is 5.32 Å². The van der Waals surface area contributed by atoms with Crippen LogP contribution in [-0.2, 0) is 5.75 Å². The molecule has 2 aromatic rings. The van der Waals surface area contributed by atoms with Crippen LogP contribution in [-0.4, -0.2) is 6.54 Å². The molecule has 0 radical (unpaired) electrons. The summed E-state index contributed by atoms with van der Waals surface area (Å²) < 4.78 is 1.14. The third-order valence-electron chi connectivity index (χ3n) is 3.19. The molecule has 0 spiro atoms. The van der Waals surface area contributed by atoms with Crippen LogP contribution in [0, 0.1) is 0 Å². The summed E-state index contributed by atoms with van der Waals surface area (Å²) in [5, 5.41) is 3.49. The fourth-order valence-electron chi connectivity index (χ4n) is 2.14. The standard InChI is InChI=1S/C17H20BrNS/c1-3-19-13(2)16-10-9-15(18)11-17(16)20-12-14-7-5-4-6-8-14/h4-11,13,19H,3,12H2,1-2H3. The molecule has 0 aromatic heterocycles. The van der Waals surface area contributed by atoms with Crippen molar-refractivity contribution < 1.29 is 0 Å². The fraction of sp³-hybridized carbons (Fsp3) is 0.294. The Kier molecular flexibility index (Phi) is 6.14. The predicted octanol–water partition coefficient (Wildman–Crippen LogP) is 5.41. The molecule has 0 bridgehead atoms. The van der Waals surface area contributed by atoms with Gasteiger partial charge >= 0.3 is 0 Å². The van der Waals surface area contributed by atoms with Gasteiger partial charge in [0.25, 0.3) is 0 Å². The van der Waals surface area contributed by atoms with Gasteiger partial charge in [0.2, 0.25) is 0 Å². The van der Waals surface area contributed by atoms with E-state index in [9.17, 15) is 0 Å². The van der Waals surface area contributed by atoms with Crippen LogP contribution in [0.3, 0.4) is 0 Å². The average Bonchev–Trinajstić information content (AvgIpc) is 2.46. The number of hydrogen-bond donors (Lipinski definition) is 1. The molecule has 0 aliphatic carbocycles.